The first kappa shape index (κ1) is 11.2. The van der Waals surface area contributed by atoms with E-state index in [4.69, 9.17) is 8.94 Å². The van der Waals surface area contributed by atoms with Gasteiger partial charge in [-0.3, -0.25) is 0 Å². The van der Waals surface area contributed by atoms with Crippen molar-refractivity contribution in [3.63, 3.8) is 0 Å². The fourth-order valence-electron chi connectivity index (χ4n) is 1.66. The van der Waals surface area contributed by atoms with Crippen LogP contribution < -0.4 is 0 Å². The van der Waals surface area contributed by atoms with E-state index in [0.29, 0.717) is 17.5 Å². The Labute approximate surface area is 112 Å². The highest BCUT2D eigenvalue weighted by Crippen LogP contribution is 2.29. The third kappa shape index (κ3) is 1.97. The topological polar surface area (TPSA) is 52.1 Å². The van der Waals surface area contributed by atoms with Crippen LogP contribution in [-0.4, -0.2) is 10.1 Å². The number of nitrogens with zero attached hydrogens (tertiary/aromatic N) is 2. The van der Waals surface area contributed by atoms with Crippen molar-refractivity contribution in [3.8, 4) is 23.0 Å². The minimum Gasteiger partial charge on any atom is -0.458 e. The molecule has 1 aromatic carbocycles. The van der Waals surface area contributed by atoms with Crippen molar-refractivity contribution in [1.29, 1.82) is 0 Å². The number of aryl methyl sites for hydroxylation is 1. The molecule has 0 aliphatic rings. The van der Waals surface area contributed by atoms with E-state index in [0.717, 1.165) is 15.6 Å². The van der Waals surface area contributed by atoms with Gasteiger partial charge in [0.25, 0.3) is 5.89 Å². The highest BCUT2D eigenvalue weighted by molar-refractivity contribution is 9.10. The SMILES string of the molecule is Cc1cccc(-c2noc(-c3occc3Br)n2)c1. The highest BCUT2D eigenvalue weighted by Gasteiger charge is 2.15. The van der Waals surface area contributed by atoms with Gasteiger partial charge in [0.15, 0.2) is 0 Å². The van der Waals surface area contributed by atoms with E-state index in [9.17, 15) is 0 Å². The lowest BCUT2D eigenvalue weighted by Gasteiger charge is -1.95. The standard InChI is InChI=1S/C13H9BrN2O2/c1-8-3-2-4-9(7-8)12-15-13(18-16-12)11-10(14)5-6-17-11/h2-7H,1H3. The lowest BCUT2D eigenvalue weighted by atomic mass is 10.1. The van der Waals surface area contributed by atoms with Gasteiger partial charge in [-0.1, -0.05) is 28.9 Å². The first-order valence-electron chi connectivity index (χ1n) is 5.38. The number of furan rings is 1. The molecule has 0 aliphatic carbocycles. The molecule has 0 spiro atoms. The Hall–Kier alpha value is -1.88. The summed E-state index contributed by atoms with van der Waals surface area (Å²) >= 11 is 3.36. The van der Waals surface area contributed by atoms with Gasteiger partial charge in [-0.2, -0.15) is 4.98 Å². The highest BCUT2D eigenvalue weighted by atomic mass is 79.9. The van der Waals surface area contributed by atoms with Crippen molar-refractivity contribution in [2.24, 2.45) is 0 Å². The molecule has 0 unspecified atom stereocenters. The molecule has 0 aliphatic heterocycles. The van der Waals surface area contributed by atoms with E-state index in [1.165, 1.54) is 0 Å². The van der Waals surface area contributed by atoms with Crippen LogP contribution in [0.25, 0.3) is 23.0 Å². The zero-order valence-electron chi connectivity index (χ0n) is 9.55. The van der Waals surface area contributed by atoms with E-state index in [-0.39, 0.29) is 0 Å². The quantitative estimate of drug-likeness (QED) is 0.716. The summed E-state index contributed by atoms with van der Waals surface area (Å²) in [5, 5.41) is 3.96. The lowest BCUT2D eigenvalue weighted by Crippen LogP contribution is -1.81. The summed E-state index contributed by atoms with van der Waals surface area (Å²) in [7, 11) is 0. The number of aromatic nitrogens is 2. The molecule has 0 N–H and O–H groups in total. The van der Waals surface area contributed by atoms with E-state index in [1.807, 2.05) is 31.2 Å². The van der Waals surface area contributed by atoms with Gasteiger partial charge in [-0.05, 0) is 35.0 Å². The molecule has 0 bridgehead atoms. The third-order valence-electron chi connectivity index (χ3n) is 2.51. The average Bonchev–Trinajstić information content (AvgIpc) is 2.97. The van der Waals surface area contributed by atoms with Gasteiger partial charge < -0.3 is 8.94 Å². The number of halogens is 1. The molecule has 3 aromatic rings. The maximum atomic E-state index is 5.28. The Morgan fingerprint density at radius 2 is 2.11 bits per heavy atom. The maximum absolute atomic E-state index is 5.28. The Morgan fingerprint density at radius 1 is 1.22 bits per heavy atom. The van der Waals surface area contributed by atoms with E-state index in [2.05, 4.69) is 26.1 Å². The fourth-order valence-corrected chi connectivity index (χ4v) is 2.03. The van der Waals surface area contributed by atoms with E-state index in [1.54, 1.807) is 12.3 Å². The van der Waals surface area contributed by atoms with E-state index >= 15 is 0 Å². The molecule has 3 rings (SSSR count). The molecule has 2 heterocycles. The molecule has 0 amide bonds. The van der Waals surface area contributed by atoms with Crippen LogP contribution >= 0.6 is 15.9 Å². The van der Waals surface area contributed by atoms with Crippen LogP contribution in [0.3, 0.4) is 0 Å². The Morgan fingerprint density at radius 3 is 2.83 bits per heavy atom. The van der Waals surface area contributed by atoms with Crippen molar-refractivity contribution < 1.29 is 8.94 Å². The summed E-state index contributed by atoms with van der Waals surface area (Å²) < 4.78 is 11.3. The molecule has 4 nitrogen and oxygen atoms in total. The van der Waals surface area contributed by atoms with Crippen molar-refractivity contribution in [3.05, 3.63) is 46.6 Å². The normalized spacial score (nSPS) is 10.8. The van der Waals surface area contributed by atoms with Gasteiger partial charge in [-0.15, -0.1) is 0 Å². The predicted molar refractivity (Wildman–Crippen MR) is 69.9 cm³/mol. The molecular formula is C13H9BrN2O2. The second-order valence-electron chi connectivity index (χ2n) is 3.89. The van der Waals surface area contributed by atoms with Gasteiger partial charge in [0.05, 0.1) is 10.7 Å². The number of rotatable bonds is 2. The number of hydrogen-bond donors (Lipinski definition) is 0. The first-order chi connectivity index (χ1) is 8.74. The molecule has 2 aromatic heterocycles. The third-order valence-corrected chi connectivity index (χ3v) is 3.14. The Bertz CT molecular complexity index is 688. The monoisotopic (exact) mass is 304 g/mol. The first-order valence-corrected chi connectivity index (χ1v) is 6.17. The van der Waals surface area contributed by atoms with Crippen LogP contribution in [0.4, 0.5) is 0 Å². The summed E-state index contributed by atoms with van der Waals surface area (Å²) in [6, 6.07) is 9.72. The second-order valence-corrected chi connectivity index (χ2v) is 4.74. The molecule has 5 heteroatoms. The summed E-state index contributed by atoms with van der Waals surface area (Å²) in [5.41, 5.74) is 2.07. The van der Waals surface area contributed by atoms with Gasteiger partial charge in [0.2, 0.25) is 11.6 Å². The van der Waals surface area contributed by atoms with Crippen molar-refractivity contribution >= 4 is 15.9 Å². The molecule has 0 atom stereocenters. The summed E-state index contributed by atoms with van der Waals surface area (Å²) in [6.07, 6.45) is 1.57. The van der Waals surface area contributed by atoms with Crippen LogP contribution in [0, 0.1) is 6.92 Å². The molecule has 18 heavy (non-hydrogen) atoms. The Balaban J connectivity index is 2.02. The van der Waals surface area contributed by atoms with Gasteiger partial charge in [-0.25, -0.2) is 0 Å². The Kier molecular flexibility index (Phi) is 2.76. The van der Waals surface area contributed by atoms with Crippen molar-refractivity contribution in [2.75, 3.05) is 0 Å². The molecular weight excluding hydrogens is 296 g/mol. The zero-order chi connectivity index (χ0) is 12.5. The van der Waals surface area contributed by atoms with Crippen LogP contribution in [0.5, 0.6) is 0 Å². The largest absolute Gasteiger partial charge is 0.458 e. The molecule has 0 radical (unpaired) electrons. The van der Waals surface area contributed by atoms with Crippen LogP contribution in [0.15, 0.2) is 50.0 Å². The zero-order valence-corrected chi connectivity index (χ0v) is 11.1. The van der Waals surface area contributed by atoms with Crippen LogP contribution in [0.2, 0.25) is 0 Å². The minimum atomic E-state index is 0.364. The van der Waals surface area contributed by atoms with Gasteiger partial charge in [0, 0.05) is 5.56 Å². The van der Waals surface area contributed by atoms with Crippen LogP contribution in [0.1, 0.15) is 5.56 Å². The number of benzene rings is 1. The van der Waals surface area contributed by atoms with E-state index < -0.39 is 0 Å². The number of hydrogen-bond acceptors (Lipinski definition) is 4. The smallest absolute Gasteiger partial charge is 0.295 e. The molecule has 90 valence electrons. The van der Waals surface area contributed by atoms with Gasteiger partial charge in [0.1, 0.15) is 0 Å². The van der Waals surface area contributed by atoms with Crippen molar-refractivity contribution in [1.82, 2.24) is 10.1 Å². The second kappa shape index (κ2) is 4.42. The molecule has 0 saturated carbocycles. The summed E-state index contributed by atoms with van der Waals surface area (Å²) in [6.45, 7) is 2.02. The predicted octanol–water partition coefficient (Wildman–Crippen LogP) is 4.07. The summed E-state index contributed by atoms with van der Waals surface area (Å²) in [5.74, 6) is 1.46. The fraction of sp³-hybridized carbons (Fsp3) is 0.0769. The lowest BCUT2D eigenvalue weighted by molar-refractivity contribution is 0.416. The minimum absolute atomic E-state index is 0.364. The molecule has 0 fully saturated rings. The maximum Gasteiger partial charge on any atom is 0.295 e. The van der Waals surface area contributed by atoms with Crippen molar-refractivity contribution in [2.45, 2.75) is 6.92 Å². The average molecular weight is 305 g/mol. The van der Waals surface area contributed by atoms with Crippen LogP contribution in [-0.2, 0) is 0 Å². The van der Waals surface area contributed by atoms with Gasteiger partial charge >= 0.3 is 0 Å². The summed E-state index contributed by atoms with van der Waals surface area (Å²) in [4.78, 5) is 4.32. The molecule has 0 saturated heterocycles.